The zero-order valence-corrected chi connectivity index (χ0v) is 7.42. The molecule has 0 amide bonds. The predicted molar refractivity (Wildman–Crippen MR) is 45.4 cm³/mol. The molecule has 64 valence electrons. The molecule has 1 rings (SSSR count). The van der Waals surface area contributed by atoms with E-state index in [-0.39, 0.29) is 10.8 Å². The second-order valence-electron chi connectivity index (χ2n) is 2.45. The standard InChI is InChI=1S/C7H7ClN2O2/c1-4-3-6(8)9-5(2)7(4)10(11)12/h3H,1-2H3. The van der Waals surface area contributed by atoms with E-state index in [2.05, 4.69) is 4.98 Å². The maximum absolute atomic E-state index is 10.5. The predicted octanol–water partition coefficient (Wildman–Crippen LogP) is 2.26. The summed E-state index contributed by atoms with van der Waals surface area (Å²) in [5, 5.41) is 10.8. The van der Waals surface area contributed by atoms with Crippen molar-refractivity contribution in [3.8, 4) is 0 Å². The third-order valence-corrected chi connectivity index (χ3v) is 1.70. The molecule has 0 saturated carbocycles. The van der Waals surface area contributed by atoms with E-state index in [0.717, 1.165) is 0 Å². The molecule has 0 N–H and O–H groups in total. The Labute approximate surface area is 74.3 Å². The molecule has 4 nitrogen and oxygen atoms in total. The van der Waals surface area contributed by atoms with Crippen LogP contribution >= 0.6 is 11.6 Å². The van der Waals surface area contributed by atoms with Crippen LogP contribution in [0.3, 0.4) is 0 Å². The Kier molecular flexibility index (Phi) is 2.28. The van der Waals surface area contributed by atoms with Crippen LogP contribution in [0.5, 0.6) is 0 Å². The number of hydrogen-bond donors (Lipinski definition) is 0. The van der Waals surface area contributed by atoms with Gasteiger partial charge in [-0.2, -0.15) is 0 Å². The van der Waals surface area contributed by atoms with Gasteiger partial charge in [0.25, 0.3) is 5.69 Å². The first kappa shape index (κ1) is 8.93. The lowest BCUT2D eigenvalue weighted by molar-refractivity contribution is -0.386. The Bertz CT molecular complexity index is 315. The fourth-order valence-corrected chi connectivity index (χ4v) is 1.34. The van der Waals surface area contributed by atoms with E-state index in [9.17, 15) is 10.1 Å². The Balaban J connectivity index is 3.38. The third-order valence-electron chi connectivity index (χ3n) is 1.51. The van der Waals surface area contributed by atoms with Crippen molar-refractivity contribution < 1.29 is 4.92 Å². The number of hydrogen-bond acceptors (Lipinski definition) is 3. The highest BCUT2D eigenvalue weighted by Crippen LogP contribution is 2.23. The topological polar surface area (TPSA) is 56.0 Å². The normalized spacial score (nSPS) is 9.92. The Morgan fingerprint density at radius 3 is 2.58 bits per heavy atom. The summed E-state index contributed by atoms with van der Waals surface area (Å²) in [6.45, 7) is 3.20. The molecule has 0 saturated heterocycles. The SMILES string of the molecule is Cc1cc(Cl)nc(C)c1[N+](=O)[O-]. The van der Waals surface area contributed by atoms with Crippen LogP contribution in [0.25, 0.3) is 0 Å². The van der Waals surface area contributed by atoms with Crippen molar-refractivity contribution in [2.75, 3.05) is 0 Å². The molecule has 0 aromatic carbocycles. The second-order valence-corrected chi connectivity index (χ2v) is 2.84. The summed E-state index contributed by atoms with van der Waals surface area (Å²) in [6.07, 6.45) is 0. The zero-order valence-electron chi connectivity index (χ0n) is 6.67. The number of aryl methyl sites for hydroxylation is 2. The minimum Gasteiger partial charge on any atom is -0.258 e. The lowest BCUT2D eigenvalue weighted by atomic mass is 10.2. The van der Waals surface area contributed by atoms with E-state index < -0.39 is 4.92 Å². The highest BCUT2D eigenvalue weighted by molar-refractivity contribution is 6.29. The molecule has 1 aromatic rings. The van der Waals surface area contributed by atoms with Crippen LogP contribution in [0, 0.1) is 24.0 Å². The first-order valence-electron chi connectivity index (χ1n) is 3.30. The summed E-state index contributed by atoms with van der Waals surface area (Å²) in [5.41, 5.74) is 0.932. The summed E-state index contributed by atoms with van der Waals surface area (Å²) in [6, 6.07) is 1.48. The van der Waals surface area contributed by atoms with Crippen molar-refractivity contribution in [3.05, 3.63) is 32.6 Å². The van der Waals surface area contributed by atoms with Gasteiger partial charge >= 0.3 is 0 Å². The summed E-state index contributed by atoms with van der Waals surface area (Å²) in [5.74, 6) is 0. The molecular weight excluding hydrogens is 180 g/mol. The van der Waals surface area contributed by atoms with Gasteiger partial charge < -0.3 is 0 Å². The lowest BCUT2D eigenvalue weighted by Crippen LogP contribution is -1.97. The van der Waals surface area contributed by atoms with Gasteiger partial charge in [-0.25, -0.2) is 4.98 Å². The lowest BCUT2D eigenvalue weighted by Gasteiger charge is -1.99. The molecule has 0 aliphatic heterocycles. The molecule has 0 fully saturated rings. The van der Waals surface area contributed by atoms with Gasteiger partial charge in [-0.3, -0.25) is 10.1 Å². The van der Waals surface area contributed by atoms with E-state index in [1.54, 1.807) is 13.8 Å². The average molecular weight is 187 g/mol. The molecule has 12 heavy (non-hydrogen) atoms. The van der Waals surface area contributed by atoms with Crippen molar-refractivity contribution in [2.24, 2.45) is 0 Å². The van der Waals surface area contributed by atoms with Crippen molar-refractivity contribution in [2.45, 2.75) is 13.8 Å². The minimum atomic E-state index is -0.450. The van der Waals surface area contributed by atoms with E-state index in [4.69, 9.17) is 11.6 Å². The van der Waals surface area contributed by atoms with E-state index >= 15 is 0 Å². The molecule has 0 unspecified atom stereocenters. The highest BCUT2D eigenvalue weighted by Gasteiger charge is 2.15. The maximum Gasteiger partial charge on any atom is 0.293 e. The fraction of sp³-hybridized carbons (Fsp3) is 0.286. The summed E-state index contributed by atoms with van der Waals surface area (Å²) < 4.78 is 0. The molecule has 1 aromatic heterocycles. The molecular formula is C7H7ClN2O2. The van der Waals surface area contributed by atoms with Crippen molar-refractivity contribution in [1.82, 2.24) is 4.98 Å². The van der Waals surface area contributed by atoms with E-state index in [0.29, 0.717) is 11.3 Å². The number of aromatic nitrogens is 1. The van der Waals surface area contributed by atoms with Crippen molar-refractivity contribution >= 4 is 17.3 Å². The van der Waals surface area contributed by atoms with Gasteiger partial charge in [-0.15, -0.1) is 0 Å². The van der Waals surface area contributed by atoms with Crippen LogP contribution in [0.2, 0.25) is 5.15 Å². The van der Waals surface area contributed by atoms with Crippen molar-refractivity contribution in [3.63, 3.8) is 0 Å². The first-order chi connectivity index (χ1) is 5.52. The van der Waals surface area contributed by atoms with Crippen LogP contribution in [-0.4, -0.2) is 9.91 Å². The Morgan fingerprint density at radius 1 is 1.58 bits per heavy atom. The molecule has 0 aliphatic rings. The summed E-state index contributed by atoms with van der Waals surface area (Å²) in [7, 11) is 0. The quantitative estimate of drug-likeness (QED) is 0.384. The number of nitro groups is 1. The molecule has 0 radical (unpaired) electrons. The molecule has 5 heteroatoms. The van der Waals surface area contributed by atoms with Crippen LogP contribution in [-0.2, 0) is 0 Å². The Morgan fingerprint density at radius 2 is 2.17 bits per heavy atom. The van der Waals surface area contributed by atoms with Crippen LogP contribution in [0.4, 0.5) is 5.69 Å². The molecule has 0 spiro atoms. The van der Waals surface area contributed by atoms with E-state index in [1.807, 2.05) is 0 Å². The number of halogens is 1. The highest BCUT2D eigenvalue weighted by atomic mass is 35.5. The van der Waals surface area contributed by atoms with E-state index in [1.165, 1.54) is 6.07 Å². The van der Waals surface area contributed by atoms with Gasteiger partial charge in [0, 0.05) is 5.56 Å². The number of nitrogens with zero attached hydrogens (tertiary/aromatic N) is 2. The van der Waals surface area contributed by atoms with Gasteiger partial charge in [-0.05, 0) is 19.9 Å². The largest absolute Gasteiger partial charge is 0.293 e. The third kappa shape index (κ3) is 1.53. The zero-order chi connectivity index (χ0) is 9.30. The van der Waals surface area contributed by atoms with Crippen LogP contribution in [0.15, 0.2) is 6.07 Å². The molecule has 0 aliphatic carbocycles. The fourth-order valence-electron chi connectivity index (χ4n) is 1.05. The van der Waals surface area contributed by atoms with Gasteiger partial charge in [0.2, 0.25) is 0 Å². The van der Waals surface area contributed by atoms with Crippen LogP contribution < -0.4 is 0 Å². The molecule has 0 bridgehead atoms. The first-order valence-corrected chi connectivity index (χ1v) is 3.68. The Hall–Kier alpha value is -1.16. The van der Waals surface area contributed by atoms with Crippen molar-refractivity contribution in [1.29, 1.82) is 0 Å². The van der Waals surface area contributed by atoms with Gasteiger partial charge in [0.15, 0.2) is 0 Å². The van der Waals surface area contributed by atoms with Gasteiger partial charge in [-0.1, -0.05) is 11.6 Å². The molecule has 1 heterocycles. The van der Waals surface area contributed by atoms with Gasteiger partial charge in [0.05, 0.1) is 4.92 Å². The van der Waals surface area contributed by atoms with Crippen LogP contribution in [0.1, 0.15) is 11.3 Å². The monoisotopic (exact) mass is 186 g/mol. The smallest absolute Gasteiger partial charge is 0.258 e. The number of rotatable bonds is 1. The second kappa shape index (κ2) is 3.06. The van der Waals surface area contributed by atoms with Gasteiger partial charge in [0.1, 0.15) is 10.8 Å². The maximum atomic E-state index is 10.5. The summed E-state index contributed by atoms with van der Waals surface area (Å²) in [4.78, 5) is 13.8. The number of pyridine rings is 1. The minimum absolute atomic E-state index is 0.0411. The summed E-state index contributed by atoms with van der Waals surface area (Å²) >= 11 is 5.59. The average Bonchev–Trinajstić information content (AvgIpc) is 1.82. The molecule has 0 atom stereocenters.